The molecule has 1 N–H and O–H groups in total. The first-order valence-corrected chi connectivity index (χ1v) is 9.56. The number of carbonyl (C=O) groups excluding carboxylic acids is 1. The average Bonchev–Trinajstić information content (AvgIpc) is 3.10. The second-order valence-corrected chi connectivity index (χ2v) is 7.69. The van der Waals surface area contributed by atoms with Crippen LogP contribution in [0.25, 0.3) is 0 Å². The lowest BCUT2D eigenvalue weighted by Gasteiger charge is -2.35. The summed E-state index contributed by atoms with van der Waals surface area (Å²) in [6.07, 6.45) is 5.25. The Balaban J connectivity index is 1.47. The van der Waals surface area contributed by atoms with Crippen molar-refractivity contribution < 1.29 is 4.79 Å². The van der Waals surface area contributed by atoms with Crippen molar-refractivity contribution in [3.05, 3.63) is 34.2 Å². The molecule has 5 nitrogen and oxygen atoms in total. The predicted molar refractivity (Wildman–Crippen MR) is 94.0 cm³/mol. The van der Waals surface area contributed by atoms with Crippen LogP contribution in [0.15, 0.2) is 23.1 Å². The summed E-state index contributed by atoms with van der Waals surface area (Å²) in [6.45, 7) is 2.95. The Morgan fingerprint density at radius 2 is 2.13 bits per heavy atom. The van der Waals surface area contributed by atoms with Crippen molar-refractivity contribution >= 4 is 17.7 Å². The third kappa shape index (κ3) is 3.98. The summed E-state index contributed by atoms with van der Waals surface area (Å²) in [7, 11) is 1.66. The van der Waals surface area contributed by atoms with Crippen LogP contribution in [-0.4, -0.2) is 52.6 Å². The lowest BCUT2D eigenvalue weighted by atomic mass is 9.95. The van der Waals surface area contributed by atoms with Crippen molar-refractivity contribution in [3.8, 4) is 0 Å². The van der Waals surface area contributed by atoms with Gasteiger partial charge in [-0.1, -0.05) is 0 Å². The molecule has 0 spiro atoms. The molecule has 6 heteroatoms. The number of hydrogen-bond donors (Lipinski definition) is 1. The summed E-state index contributed by atoms with van der Waals surface area (Å²) >= 11 is 2.06. The lowest BCUT2D eigenvalue weighted by Crippen LogP contribution is -2.44. The van der Waals surface area contributed by atoms with Crippen molar-refractivity contribution in [2.75, 3.05) is 31.1 Å². The zero-order valence-corrected chi connectivity index (χ0v) is 14.5. The molecule has 1 aromatic rings. The van der Waals surface area contributed by atoms with Crippen LogP contribution in [-0.2, 0) is 7.05 Å². The third-order valence-corrected chi connectivity index (χ3v) is 6.14. The van der Waals surface area contributed by atoms with Gasteiger partial charge in [0.05, 0.1) is 0 Å². The van der Waals surface area contributed by atoms with Gasteiger partial charge in [-0.2, -0.15) is 11.8 Å². The Morgan fingerprint density at radius 3 is 2.83 bits per heavy atom. The molecule has 1 amide bonds. The molecule has 1 atom stereocenters. The molecule has 126 valence electrons. The lowest BCUT2D eigenvalue weighted by molar-refractivity contribution is 0.0926. The quantitative estimate of drug-likeness (QED) is 0.902. The number of pyridine rings is 1. The van der Waals surface area contributed by atoms with Crippen molar-refractivity contribution in [1.82, 2.24) is 14.8 Å². The van der Waals surface area contributed by atoms with E-state index in [0.717, 1.165) is 32.0 Å². The number of piperidine rings is 1. The number of nitrogens with one attached hydrogen (secondary N) is 1. The first-order valence-electron chi connectivity index (χ1n) is 8.41. The van der Waals surface area contributed by atoms with Gasteiger partial charge in [-0.25, -0.2) is 0 Å². The zero-order valence-electron chi connectivity index (χ0n) is 13.7. The van der Waals surface area contributed by atoms with Gasteiger partial charge < -0.3 is 9.88 Å². The molecule has 2 aliphatic heterocycles. The Bertz CT molecular complexity index is 602. The fourth-order valence-corrected chi connectivity index (χ4v) is 4.69. The van der Waals surface area contributed by atoms with Crippen LogP contribution in [0.4, 0.5) is 0 Å². The fourth-order valence-electron chi connectivity index (χ4n) is 3.43. The summed E-state index contributed by atoms with van der Waals surface area (Å²) in [4.78, 5) is 26.8. The molecule has 3 heterocycles. The maximum atomic E-state index is 12.2. The van der Waals surface area contributed by atoms with Gasteiger partial charge in [-0.05, 0) is 56.2 Å². The number of amides is 1. The summed E-state index contributed by atoms with van der Waals surface area (Å²) in [5, 5.41) is 2.95. The van der Waals surface area contributed by atoms with Crippen molar-refractivity contribution in [3.63, 3.8) is 0 Å². The largest absolute Gasteiger partial charge is 0.352 e. The summed E-state index contributed by atoms with van der Waals surface area (Å²) in [6, 6.07) is 4.09. The highest BCUT2D eigenvalue weighted by molar-refractivity contribution is 7.99. The number of thioether (sulfide) groups is 1. The number of nitrogens with zero attached hydrogens (tertiary/aromatic N) is 2. The average molecular weight is 335 g/mol. The van der Waals surface area contributed by atoms with Gasteiger partial charge in [0.2, 0.25) is 0 Å². The molecule has 2 aliphatic rings. The van der Waals surface area contributed by atoms with E-state index >= 15 is 0 Å². The van der Waals surface area contributed by atoms with Crippen molar-refractivity contribution in [1.29, 1.82) is 0 Å². The molecule has 23 heavy (non-hydrogen) atoms. The van der Waals surface area contributed by atoms with Crippen molar-refractivity contribution in [2.24, 2.45) is 13.0 Å². The number of likely N-dealkylation sites (tertiary alicyclic amines) is 1. The third-order valence-electron chi connectivity index (χ3n) is 4.99. The Labute approximate surface area is 141 Å². The van der Waals surface area contributed by atoms with Crippen LogP contribution < -0.4 is 10.9 Å². The molecule has 0 unspecified atom stereocenters. The Kier molecular flexibility index (Phi) is 5.43. The van der Waals surface area contributed by atoms with Gasteiger partial charge >= 0.3 is 0 Å². The molecule has 0 saturated carbocycles. The number of aryl methyl sites for hydroxylation is 1. The summed E-state index contributed by atoms with van der Waals surface area (Å²) < 4.78 is 1.44. The van der Waals surface area contributed by atoms with E-state index in [0.29, 0.717) is 12.5 Å². The van der Waals surface area contributed by atoms with E-state index in [1.165, 1.54) is 22.5 Å². The van der Waals surface area contributed by atoms with E-state index < -0.39 is 0 Å². The molecule has 0 bridgehead atoms. The SMILES string of the molecule is Cn1cccc(C(=O)NCC2CCN([C@H]3CCSC3)CC2)c1=O. The van der Waals surface area contributed by atoms with Crippen LogP contribution in [0.2, 0.25) is 0 Å². The highest BCUT2D eigenvalue weighted by atomic mass is 32.2. The standard InChI is InChI=1S/C17H25N3O2S/c1-19-7-2-3-15(17(19)22)16(21)18-11-13-4-8-20(9-5-13)14-6-10-23-12-14/h2-3,7,13-14H,4-6,8-12H2,1H3,(H,18,21)/t14-/m0/s1. The first-order chi connectivity index (χ1) is 11.1. The maximum Gasteiger partial charge on any atom is 0.263 e. The summed E-state index contributed by atoms with van der Waals surface area (Å²) in [5.41, 5.74) is -0.00558. The van der Waals surface area contributed by atoms with E-state index in [1.54, 1.807) is 25.4 Å². The van der Waals surface area contributed by atoms with Gasteiger partial charge in [0, 0.05) is 31.6 Å². The minimum Gasteiger partial charge on any atom is -0.352 e. The van der Waals surface area contributed by atoms with Crippen LogP contribution in [0.5, 0.6) is 0 Å². The minimum atomic E-state index is -0.249. The molecule has 3 rings (SSSR count). The van der Waals surface area contributed by atoms with Crippen LogP contribution in [0.3, 0.4) is 0 Å². The second kappa shape index (κ2) is 7.53. The molecule has 1 aromatic heterocycles. The van der Waals surface area contributed by atoms with Gasteiger partial charge in [0.1, 0.15) is 5.56 Å². The number of aromatic nitrogens is 1. The van der Waals surface area contributed by atoms with Gasteiger partial charge in [0.25, 0.3) is 11.5 Å². The van der Waals surface area contributed by atoms with Gasteiger partial charge in [-0.3, -0.25) is 14.5 Å². The van der Waals surface area contributed by atoms with Crippen LogP contribution >= 0.6 is 11.8 Å². The van der Waals surface area contributed by atoms with Crippen molar-refractivity contribution in [2.45, 2.75) is 25.3 Å². The van der Waals surface area contributed by atoms with Crippen LogP contribution in [0, 0.1) is 5.92 Å². The molecule has 0 radical (unpaired) electrons. The molecule has 2 fully saturated rings. The highest BCUT2D eigenvalue weighted by Crippen LogP contribution is 2.26. The number of rotatable bonds is 4. The van der Waals surface area contributed by atoms with E-state index in [9.17, 15) is 9.59 Å². The van der Waals surface area contributed by atoms with E-state index in [-0.39, 0.29) is 17.0 Å². The smallest absolute Gasteiger partial charge is 0.263 e. The van der Waals surface area contributed by atoms with Gasteiger partial charge in [-0.15, -0.1) is 0 Å². The molecule has 2 saturated heterocycles. The fraction of sp³-hybridized carbons (Fsp3) is 0.647. The highest BCUT2D eigenvalue weighted by Gasteiger charge is 2.27. The zero-order chi connectivity index (χ0) is 16.2. The second-order valence-electron chi connectivity index (χ2n) is 6.54. The van der Waals surface area contributed by atoms with Crippen LogP contribution in [0.1, 0.15) is 29.6 Å². The molecular formula is C17H25N3O2S. The molecule has 0 aromatic carbocycles. The van der Waals surface area contributed by atoms with Gasteiger partial charge in [0.15, 0.2) is 0 Å². The minimum absolute atomic E-state index is 0.232. The number of hydrogen-bond acceptors (Lipinski definition) is 4. The topological polar surface area (TPSA) is 54.3 Å². The van der Waals surface area contributed by atoms with E-state index in [4.69, 9.17) is 0 Å². The monoisotopic (exact) mass is 335 g/mol. The summed E-state index contributed by atoms with van der Waals surface area (Å²) in [5.74, 6) is 2.85. The van der Waals surface area contributed by atoms with E-state index in [1.807, 2.05) is 0 Å². The first kappa shape index (κ1) is 16.6. The van der Waals surface area contributed by atoms with E-state index in [2.05, 4.69) is 22.0 Å². The number of carbonyl (C=O) groups is 1. The Hall–Kier alpha value is -1.27. The predicted octanol–water partition coefficient (Wildman–Crippen LogP) is 1.33. The normalized spacial score (nSPS) is 23.1. The molecular weight excluding hydrogens is 310 g/mol. The maximum absolute atomic E-state index is 12.2. The molecule has 0 aliphatic carbocycles. The Morgan fingerprint density at radius 1 is 1.35 bits per heavy atom.